The number of methoxy groups -OCH3 is 1. The molecule has 1 aliphatic rings. The van der Waals surface area contributed by atoms with Crippen molar-refractivity contribution in [3.63, 3.8) is 0 Å². The van der Waals surface area contributed by atoms with Gasteiger partial charge in [0.25, 0.3) is 5.91 Å². The zero-order valence-corrected chi connectivity index (χ0v) is 19.2. The predicted molar refractivity (Wildman–Crippen MR) is 128 cm³/mol. The van der Waals surface area contributed by atoms with Crippen LogP contribution in [0.3, 0.4) is 0 Å². The molecule has 0 radical (unpaired) electrons. The third-order valence-corrected chi connectivity index (χ3v) is 5.96. The highest BCUT2D eigenvalue weighted by Gasteiger charge is 2.17. The summed E-state index contributed by atoms with van der Waals surface area (Å²) in [7, 11) is 1.59. The SMILES string of the molecule is CCCc1c(OC)ccc2cc(C(=O)Nc3ccc(CCN4CCOCC4)cc3)c(=O)oc12. The molecule has 0 aliphatic carbocycles. The number of nitrogens with zero attached hydrogens (tertiary/aromatic N) is 1. The van der Waals surface area contributed by atoms with Crippen LogP contribution >= 0.6 is 0 Å². The number of aryl methyl sites for hydroxylation is 1. The number of carbonyl (C=O) groups excluding carboxylic acids is 1. The van der Waals surface area contributed by atoms with Crippen LogP contribution in [0.25, 0.3) is 11.0 Å². The molecule has 1 aliphatic heterocycles. The van der Waals surface area contributed by atoms with E-state index in [1.807, 2.05) is 37.3 Å². The van der Waals surface area contributed by atoms with Crippen LogP contribution in [-0.2, 0) is 17.6 Å². The van der Waals surface area contributed by atoms with Gasteiger partial charge in [-0.15, -0.1) is 0 Å². The summed E-state index contributed by atoms with van der Waals surface area (Å²) in [5, 5.41) is 3.50. The fraction of sp³-hybridized carbons (Fsp3) is 0.385. The quantitative estimate of drug-likeness (QED) is 0.525. The molecule has 1 aromatic heterocycles. The van der Waals surface area contributed by atoms with Gasteiger partial charge >= 0.3 is 5.63 Å². The maximum atomic E-state index is 12.8. The molecule has 7 nitrogen and oxygen atoms in total. The highest BCUT2D eigenvalue weighted by Crippen LogP contribution is 2.29. The number of rotatable bonds is 8. The molecule has 174 valence electrons. The Labute approximate surface area is 193 Å². The van der Waals surface area contributed by atoms with Crippen LogP contribution in [0.4, 0.5) is 5.69 Å². The number of carbonyl (C=O) groups is 1. The number of nitrogens with one attached hydrogen (secondary N) is 1. The molecule has 0 saturated carbocycles. The Morgan fingerprint density at radius 2 is 1.85 bits per heavy atom. The van der Waals surface area contributed by atoms with Crippen molar-refractivity contribution >= 4 is 22.6 Å². The number of morpholine rings is 1. The first-order valence-corrected chi connectivity index (χ1v) is 11.4. The highest BCUT2D eigenvalue weighted by atomic mass is 16.5. The van der Waals surface area contributed by atoms with Crippen molar-refractivity contribution in [3.05, 3.63) is 69.6 Å². The average Bonchev–Trinajstić information content (AvgIpc) is 2.84. The van der Waals surface area contributed by atoms with Crippen molar-refractivity contribution in [1.82, 2.24) is 4.90 Å². The topological polar surface area (TPSA) is 81.0 Å². The summed E-state index contributed by atoms with van der Waals surface area (Å²) >= 11 is 0. The molecule has 7 heteroatoms. The number of hydrogen-bond donors (Lipinski definition) is 1. The molecule has 2 heterocycles. The van der Waals surface area contributed by atoms with Crippen LogP contribution in [0, 0.1) is 0 Å². The third-order valence-electron chi connectivity index (χ3n) is 5.96. The summed E-state index contributed by atoms with van der Waals surface area (Å²) < 4.78 is 16.4. The normalized spacial score (nSPS) is 14.4. The minimum absolute atomic E-state index is 0.0218. The number of benzene rings is 2. The van der Waals surface area contributed by atoms with Crippen molar-refractivity contribution in [2.24, 2.45) is 0 Å². The number of hydrogen-bond acceptors (Lipinski definition) is 6. The van der Waals surface area contributed by atoms with Gasteiger partial charge in [-0.05, 0) is 48.7 Å². The maximum absolute atomic E-state index is 12.8. The molecular formula is C26H30N2O5. The van der Waals surface area contributed by atoms with E-state index in [4.69, 9.17) is 13.9 Å². The van der Waals surface area contributed by atoms with Crippen molar-refractivity contribution in [2.45, 2.75) is 26.2 Å². The van der Waals surface area contributed by atoms with E-state index in [1.165, 1.54) is 5.56 Å². The average molecular weight is 451 g/mol. The monoisotopic (exact) mass is 450 g/mol. The Kier molecular flexibility index (Phi) is 7.42. The lowest BCUT2D eigenvalue weighted by Crippen LogP contribution is -2.37. The number of amides is 1. The predicted octanol–water partition coefficient (Wildman–Crippen LogP) is 3.88. The van der Waals surface area contributed by atoms with E-state index < -0.39 is 11.5 Å². The Morgan fingerprint density at radius 1 is 1.09 bits per heavy atom. The fourth-order valence-electron chi connectivity index (χ4n) is 4.13. The van der Waals surface area contributed by atoms with Crippen molar-refractivity contribution < 1.29 is 18.7 Å². The minimum Gasteiger partial charge on any atom is -0.496 e. The van der Waals surface area contributed by atoms with Crippen LogP contribution in [0.15, 0.2) is 51.7 Å². The first kappa shape index (κ1) is 23.0. The number of anilines is 1. The van der Waals surface area contributed by atoms with Gasteiger partial charge in [-0.1, -0.05) is 25.5 Å². The van der Waals surface area contributed by atoms with Gasteiger partial charge < -0.3 is 19.2 Å². The lowest BCUT2D eigenvalue weighted by Gasteiger charge is -2.26. The molecule has 1 saturated heterocycles. The van der Waals surface area contributed by atoms with E-state index in [1.54, 1.807) is 19.2 Å². The molecular weight excluding hydrogens is 420 g/mol. The summed E-state index contributed by atoms with van der Waals surface area (Å²) in [6.07, 6.45) is 2.53. The summed E-state index contributed by atoms with van der Waals surface area (Å²) in [5.41, 5.74) is 2.47. The van der Waals surface area contributed by atoms with Crippen LogP contribution < -0.4 is 15.7 Å². The second kappa shape index (κ2) is 10.6. The first-order valence-electron chi connectivity index (χ1n) is 11.4. The minimum atomic E-state index is -0.660. The van der Waals surface area contributed by atoms with Gasteiger partial charge in [0, 0.05) is 36.3 Å². The fourth-order valence-corrected chi connectivity index (χ4v) is 4.13. The molecule has 1 N–H and O–H groups in total. The van der Waals surface area contributed by atoms with Crippen molar-refractivity contribution in [2.75, 3.05) is 45.3 Å². The number of fused-ring (bicyclic) bond motifs is 1. The zero-order valence-electron chi connectivity index (χ0n) is 19.2. The number of ether oxygens (including phenoxy) is 2. The highest BCUT2D eigenvalue weighted by molar-refractivity contribution is 6.05. The molecule has 3 aromatic rings. The van der Waals surface area contributed by atoms with Gasteiger partial charge in [-0.3, -0.25) is 9.69 Å². The molecule has 33 heavy (non-hydrogen) atoms. The summed E-state index contributed by atoms with van der Waals surface area (Å²) in [4.78, 5) is 27.8. The van der Waals surface area contributed by atoms with Crippen LogP contribution in [0.5, 0.6) is 5.75 Å². The summed E-state index contributed by atoms with van der Waals surface area (Å²) in [6.45, 7) is 6.55. The standard InChI is InChI=1S/C26H30N2O5/c1-3-4-21-23(31-2)10-7-19-17-22(26(30)33-24(19)21)25(29)27-20-8-5-18(6-9-20)11-12-28-13-15-32-16-14-28/h5-10,17H,3-4,11-16H2,1-2H3,(H,27,29). The third kappa shape index (κ3) is 5.43. The molecule has 0 spiro atoms. The molecule has 1 amide bonds. The summed E-state index contributed by atoms with van der Waals surface area (Å²) in [5.74, 6) is 0.193. The van der Waals surface area contributed by atoms with Crippen LogP contribution in [0.2, 0.25) is 0 Å². The Balaban J connectivity index is 1.47. The van der Waals surface area contributed by atoms with E-state index in [9.17, 15) is 9.59 Å². The van der Waals surface area contributed by atoms with Gasteiger partial charge in [0.1, 0.15) is 16.9 Å². The van der Waals surface area contributed by atoms with Crippen molar-refractivity contribution in [1.29, 1.82) is 0 Å². The summed E-state index contributed by atoms with van der Waals surface area (Å²) in [6, 6.07) is 13.0. The van der Waals surface area contributed by atoms with Gasteiger partial charge in [0.05, 0.1) is 20.3 Å². The van der Waals surface area contributed by atoms with Gasteiger partial charge in [0.2, 0.25) is 0 Å². The van der Waals surface area contributed by atoms with Crippen LogP contribution in [-0.4, -0.2) is 50.8 Å². The molecule has 2 aromatic carbocycles. The van der Waals surface area contributed by atoms with Crippen LogP contribution in [0.1, 0.15) is 34.8 Å². The lowest BCUT2D eigenvalue weighted by atomic mass is 10.0. The van der Waals surface area contributed by atoms with E-state index >= 15 is 0 Å². The van der Waals surface area contributed by atoms with Crippen molar-refractivity contribution in [3.8, 4) is 5.75 Å². The van der Waals surface area contributed by atoms with Gasteiger partial charge in [-0.25, -0.2) is 4.79 Å². The molecule has 1 fully saturated rings. The molecule has 0 bridgehead atoms. The van der Waals surface area contributed by atoms with E-state index in [2.05, 4.69) is 10.2 Å². The Morgan fingerprint density at radius 3 is 2.55 bits per heavy atom. The second-order valence-electron chi connectivity index (χ2n) is 8.22. The zero-order chi connectivity index (χ0) is 23.2. The first-order chi connectivity index (χ1) is 16.1. The second-order valence-corrected chi connectivity index (χ2v) is 8.22. The molecule has 0 atom stereocenters. The molecule has 0 unspecified atom stereocenters. The lowest BCUT2D eigenvalue weighted by molar-refractivity contribution is 0.0384. The van der Waals surface area contributed by atoms with E-state index in [0.29, 0.717) is 28.8 Å². The largest absolute Gasteiger partial charge is 0.496 e. The Hall–Kier alpha value is -3.16. The van der Waals surface area contributed by atoms with Gasteiger partial charge in [-0.2, -0.15) is 0 Å². The van der Waals surface area contributed by atoms with E-state index in [-0.39, 0.29) is 5.56 Å². The molecule has 4 rings (SSSR count). The smallest absolute Gasteiger partial charge is 0.349 e. The van der Waals surface area contributed by atoms with Gasteiger partial charge in [0.15, 0.2) is 0 Å². The maximum Gasteiger partial charge on any atom is 0.349 e. The Bertz CT molecular complexity index is 1160. The van der Waals surface area contributed by atoms with E-state index in [0.717, 1.165) is 51.3 Å².